The number of non-ortho nitro benzene ring substituents is 1. The molecule has 0 fully saturated rings. The third-order valence-electron chi connectivity index (χ3n) is 5.10. The number of rotatable bonds is 5. The van der Waals surface area contributed by atoms with Crippen LogP contribution in [0.5, 0.6) is 11.5 Å². The van der Waals surface area contributed by atoms with E-state index in [1.807, 2.05) is 0 Å². The maximum Gasteiger partial charge on any atom is 1.00 e. The van der Waals surface area contributed by atoms with Crippen LogP contribution < -0.4 is 70.0 Å². The standard InChI is InChI=1S/C20H14N4O10S2.2Na/c21-10-1-3-12-9(5-10)6-17(36(32,33)34)19(20(12)26)23-22-18-13-4-2-11(24(27)28)7-14(13)16(8-15(18)25)35(29,30)31;;/h1-8,25-26H,21H2,(H,29,30,31)(H,32,33,34);;/q;2*+1/p-2. The Labute approximate surface area is 258 Å². The maximum atomic E-state index is 12.9. The second kappa shape index (κ2) is 11.4. The maximum absolute atomic E-state index is 12.9. The van der Waals surface area contributed by atoms with Crippen LogP contribution in [0.1, 0.15) is 0 Å². The number of anilines is 1. The number of nitrogens with two attached hydrogens (primary N) is 1. The van der Waals surface area contributed by atoms with Crippen LogP contribution in [0.4, 0.5) is 22.7 Å². The number of nitrogens with zero attached hydrogens (tertiary/aromatic N) is 3. The molecule has 0 saturated carbocycles. The fourth-order valence-electron chi connectivity index (χ4n) is 3.52. The molecule has 0 saturated heterocycles. The number of nitro benzene ring substituents is 1. The second-order valence-electron chi connectivity index (χ2n) is 7.39. The van der Waals surface area contributed by atoms with E-state index in [0.717, 1.165) is 24.3 Å². The summed E-state index contributed by atoms with van der Waals surface area (Å²) in [6.45, 7) is 0. The van der Waals surface area contributed by atoms with Gasteiger partial charge in [0.05, 0.1) is 15.5 Å². The van der Waals surface area contributed by atoms with E-state index < -0.39 is 68.9 Å². The van der Waals surface area contributed by atoms with Gasteiger partial charge in [0.2, 0.25) is 0 Å². The molecule has 4 rings (SSSR count). The summed E-state index contributed by atoms with van der Waals surface area (Å²) in [6, 6.07) is 8.08. The van der Waals surface area contributed by atoms with Gasteiger partial charge in [0.25, 0.3) is 15.8 Å². The largest absolute Gasteiger partial charge is 1.00 e. The fourth-order valence-corrected chi connectivity index (χ4v) is 4.87. The summed E-state index contributed by atoms with van der Waals surface area (Å²) in [7, 11) is -10.2. The molecular formula is C20H12N4Na2O10S2. The van der Waals surface area contributed by atoms with Gasteiger partial charge in [0, 0.05) is 34.7 Å². The Morgan fingerprint density at radius 1 is 0.842 bits per heavy atom. The van der Waals surface area contributed by atoms with Gasteiger partial charge >= 0.3 is 59.1 Å². The predicted molar refractivity (Wildman–Crippen MR) is 122 cm³/mol. The van der Waals surface area contributed by atoms with Crippen molar-refractivity contribution in [1.29, 1.82) is 0 Å². The molecule has 4 N–H and O–H groups in total. The van der Waals surface area contributed by atoms with Gasteiger partial charge in [-0.25, -0.2) is 8.42 Å². The van der Waals surface area contributed by atoms with Gasteiger partial charge < -0.3 is 20.5 Å². The monoisotopic (exact) mass is 578 g/mol. The molecule has 0 unspecified atom stereocenters. The SMILES string of the molecule is Nc1ccc2c([O-])c(N=Nc3c(O)cc(S(=O)(=O)O)c4cc([N+](=O)[O-])ccc34)c(S(=O)(=O)[O-])cc2c1.[Na+].[Na+]. The van der Waals surface area contributed by atoms with E-state index in [1.54, 1.807) is 0 Å². The van der Waals surface area contributed by atoms with Gasteiger partial charge in [-0.3, -0.25) is 14.7 Å². The third-order valence-corrected chi connectivity index (χ3v) is 6.84. The average Bonchev–Trinajstić information content (AvgIpc) is 2.77. The van der Waals surface area contributed by atoms with E-state index in [4.69, 9.17) is 5.73 Å². The Kier molecular flexibility index (Phi) is 9.54. The van der Waals surface area contributed by atoms with E-state index in [2.05, 4.69) is 10.2 Å². The van der Waals surface area contributed by atoms with Gasteiger partial charge in [-0.1, -0.05) is 11.8 Å². The smallest absolute Gasteiger partial charge is 0.871 e. The van der Waals surface area contributed by atoms with E-state index >= 15 is 0 Å². The molecule has 0 aliphatic rings. The summed E-state index contributed by atoms with van der Waals surface area (Å²) >= 11 is 0. The Morgan fingerprint density at radius 3 is 2.03 bits per heavy atom. The number of fused-ring (bicyclic) bond motifs is 2. The first-order valence-corrected chi connectivity index (χ1v) is 12.4. The molecule has 0 atom stereocenters. The van der Waals surface area contributed by atoms with Gasteiger partial charge in [-0.05, 0) is 35.0 Å². The number of phenols is 1. The summed E-state index contributed by atoms with van der Waals surface area (Å²) in [5.41, 5.74) is 3.85. The van der Waals surface area contributed by atoms with Crippen molar-refractivity contribution in [3.8, 4) is 11.5 Å². The van der Waals surface area contributed by atoms with Gasteiger partial charge in [0.15, 0.2) is 0 Å². The number of hydrogen-bond donors (Lipinski definition) is 3. The van der Waals surface area contributed by atoms with Crippen molar-refractivity contribution in [3.63, 3.8) is 0 Å². The first kappa shape index (κ1) is 31.8. The summed E-state index contributed by atoms with van der Waals surface area (Å²) < 4.78 is 68.6. The number of benzene rings is 4. The van der Waals surface area contributed by atoms with Crippen LogP contribution >= 0.6 is 0 Å². The molecule has 0 aliphatic carbocycles. The van der Waals surface area contributed by atoms with Crippen LogP contribution in [0.25, 0.3) is 21.5 Å². The van der Waals surface area contributed by atoms with Crippen LogP contribution in [-0.4, -0.2) is 36.0 Å². The number of azo groups is 1. The molecule has 0 amide bonds. The Hall–Kier alpha value is -2.38. The van der Waals surface area contributed by atoms with Gasteiger partial charge in [-0.2, -0.15) is 8.42 Å². The van der Waals surface area contributed by atoms with Crippen molar-refractivity contribution in [3.05, 3.63) is 58.6 Å². The fraction of sp³-hybridized carbons (Fsp3) is 0. The molecule has 0 aliphatic heterocycles. The van der Waals surface area contributed by atoms with Crippen molar-refractivity contribution < 1.29 is 100 Å². The second-order valence-corrected chi connectivity index (χ2v) is 10.1. The van der Waals surface area contributed by atoms with Crippen molar-refractivity contribution >= 4 is 64.5 Å². The molecule has 186 valence electrons. The predicted octanol–water partition coefficient (Wildman–Crippen LogP) is -3.16. The van der Waals surface area contributed by atoms with Gasteiger partial charge in [0.1, 0.15) is 26.5 Å². The molecule has 0 radical (unpaired) electrons. The zero-order valence-electron chi connectivity index (χ0n) is 19.5. The molecule has 18 heteroatoms. The van der Waals surface area contributed by atoms with Crippen LogP contribution in [-0.2, 0) is 20.2 Å². The van der Waals surface area contributed by atoms with Crippen LogP contribution in [0.15, 0.2) is 68.6 Å². The summed E-state index contributed by atoms with van der Waals surface area (Å²) in [6.07, 6.45) is 0. The zero-order valence-corrected chi connectivity index (χ0v) is 25.1. The Bertz CT molecular complexity index is 1860. The van der Waals surface area contributed by atoms with E-state index in [1.165, 1.54) is 18.2 Å². The number of phenolic OH excluding ortho intramolecular Hbond substituents is 1. The van der Waals surface area contributed by atoms with E-state index in [9.17, 15) is 46.3 Å². The Morgan fingerprint density at radius 2 is 1.45 bits per heavy atom. The first-order valence-electron chi connectivity index (χ1n) is 9.51. The van der Waals surface area contributed by atoms with Crippen molar-refractivity contribution in [2.24, 2.45) is 10.2 Å². The quantitative estimate of drug-likeness (QED) is 0.0532. The number of hydrogen-bond acceptors (Lipinski definition) is 12. The molecule has 38 heavy (non-hydrogen) atoms. The minimum Gasteiger partial charge on any atom is -0.871 e. The van der Waals surface area contributed by atoms with Crippen molar-refractivity contribution in [2.45, 2.75) is 9.79 Å². The zero-order chi connectivity index (χ0) is 26.6. The summed E-state index contributed by atoms with van der Waals surface area (Å²) in [4.78, 5) is 8.40. The third kappa shape index (κ3) is 6.09. The Balaban J connectivity index is 0.00000253. The number of aromatic hydroxyl groups is 1. The first-order chi connectivity index (χ1) is 16.7. The van der Waals surface area contributed by atoms with E-state index in [-0.39, 0.29) is 81.0 Å². The minimum absolute atomic E-state index is 0. The average molecular weight is 578 g/mol. The number of nitrogen functional groups attached to an aromatic ring is 1. The molecule has 4 aromatic rings. The van der Waals surface area contributed by atoms with Crippen molar-refractivity contribution in [2.75, 3.05) is 5.73 Å². The summed E-state index contributed by atoms with van der Waals surface area (Å²) in [5.74, 6) is -1.89. The molecule has 0 aromatic heterocycles. The summed E-state index contributed by atoms with van der Waals surface area (Å²) in [5, 5.41) is 41.0. The normalized spacial score (nSPS) is 11.8. The molecule has 4 aromatic carbocycles. The molecule has 0 bridgehead atoms. The van der Waals surface area contributed by atoms with E-state index in [0.29, 0.717) is 6.07 Å². The van der Waals surface area contributed by atoms with Crippen molar-refractivity contribution in [1.82, 2.24) is 0 Å². The molecular weight excluding hydrogens is 566 g/mol. The molecule has 14 nitrogen and oxygen atoms in total. The molecule has 0 spiro atoms. The topological polar surface area (TPSA) is 249 Å². The molecule has 0 heterocycles. The van der Waals surface area contributed by atoms with Crippen LogP contribution in [0.3, 0.4) is 0 Å². The van der Waals surface area contributed by atoms with Crippen LogP contribution in [0, 0.1) is 10.1 Å². The van der Waals surface area contributed by atoms with Crippen LogP contribution in [0.2, 0.25) is 0 Å². The number of nitro groups is 1. The minimum atomic E-state index is -5.25. The van der Waals surface area contributed by atoms with Gasteiger partial charge in [-0.15, -0.1) is 10.2 Å².